The van der Waals surface area contributed by atoms with E-state index in [4.69, 9.17) is 4.74 Å². The number of rotatable bonds is 6. The molecule has 0 N–H and O–H groups in total. The highest BCUT2D eigenvalue weighted by Gasteiger charge is 2.30. The van der Waals surface area contributed by atoms with E-state index < -0.39 is 14.9 Å². The maximum absolute atomic E-state index is 12.9. The summed E-state index contributed by atoms with van der Waals surface area (Å²) in [5.41, 5.74) is 0.723. The number of methoxy groups -OCH3 is 1. The van der Waals surface area contributed by atoms with Crippen molar-refractivity contribution in [2.24, 2.45) is 0 Å². The highest BCUT2D eigenvalue weighted by Crippen LogP contribution is 2.23. The highest BCUT2D eigenvalue weighted by molar-refractivity contribution is 7.89. The molecule has 0 aliphatic carbocycles. The van der Waals surface area contributed by atoms with Gasteiger partial charge in [-0.05, 0) is 36.4 Å². The lowest BCUT2D eigenvalue weighted by molar-refractivity contribution is -0.384. The van der Waals surface area contributed by atoms with Crippen LogP contribution >= 0.6 is 0 Å². The SMILES string of the molecule is COc1ccc(S(=O)(=O)N2CCN(C(=O)Cn3ccc4cc([N+](=O)[O-])ccc43)CC2)cc1. The van der Waals surface area contributed by atoms with Crippen molar-refractivity contribution in [2.75, 3.05) is 33.3 Å². The molecular weight excluding hydrogens is 436 g/mol. The van der Waals surface area contributed by atoms with Crippen LogP contribution in [0.15, 0.2) is 59.6 Å². The van der Waals surface area contributed by atoms with Crippen LogP contribution in [0.2, 0.25) is 0 Å². The van der Waals surface area contributed by atoms with Crippen LogP contribution in [0.25, 0.3) is 10.9 Å². The molecule has 32 heavy (non-hydrogen) atoms. The van der Waals surface area contributed by atoms with Crippen LogP contribution in [0.1, 0.15) is 0 Å². The number of sulfonamides is 1. The molecule has 0 spiro atoms. The van der Waals surface area contributed by atoms with E-state index in [1.807, 2.05) is 0 Å². The normalized spacial score (nSPS) is 15.1. The molecule has 0 bridgehead atoms. The van der Waals surface area contributed by atoms with Crippen LogP contribution in [0, 0.1) is 10.1 Å². The van der Waals surface area contributed by atoms with Gasteiger partial charge in [-0.3, -0.25) is 14.9 Å². The fraction of sp³-hybridized carbons (Fsp3) is 0.286. The molecule has 1 aliphatic rings. The van der Waals surface area contributed by atoms with Gasteiger partial charge in [-0.25, -0.2) is 8.42 Å². The van der Waals surface area contributed by atoms with E-state index in [1.54, 1.807) is 39.9 Å². The molecule has 168 valence electrons. The Balaban J connectivity index is 1.40. The van der Waals surface area contributed by atoms with Crippen molar-refractivity contribution in [1.82, 2.24) is 13.8 Å². The first-order valence-electron chi connectivity index (χ1n) is 9.95. The minimum Gasteiger partial charge on any atom is -0.497 e. The molecule has 4 rings (SSSR count). The second-order valence-electron chi connectivity index (χ2n) is 7.40. The molecule has 2 heterocycles. The second kappa shape index (κ2) is 8.60. The van der Waals surface area contributed by atoms with E-state index in [1.165, 1.54) is 35.7 Å². The quantitative estimate of drug-likeness (QED) is 0.413. The largest absolute Gasteiger partial charge is 0.497 e. The lowest BCUT2D eigenvalue weighted by atomic mass is 10.2. The van der Waals surface area contributed by atoms with Gasteiger partial charge in [0.15, 0.2) is 0 Å². The van der Waals surface area contributed by atoms with Gasteiger partial charge in [0, 0.05) is 55.4 Å². The molecule has 1 saturated heterocycles. The van der Waals surface area contributed by atoms with Gasteiger partial charge in [0.25, 0.3) is 5.69 Å². The van der Waals surface area contributed by atoms with E-state index in [9.17, 15) is 23.3 Å². The van der Waals surface area contributed by atoms with Crippen LogP contribution in [0.4, 0.5) is 5.69 Å². The first-order chi connectivity index (χ1) is 15.3. The molecule has 0 saturated carbocycles. The maximum atomic E-state index is 12.9. The number of carbonyl (C=O) groups excluding carboxylic acids is 1. The van der Waals surface area contributed by atoms with Gasteiger partial charge in [-0.15, -0.1) is 0 Å². The molecule has 10 nitrogen and oxygen atoms in total. The van der Waals surface area contributed by atoms with Gasteiger partial charge in [-0.1, -0.05) is 0 Å². The smallest absolute Gasteiger partial charge is 0.270 e. The Bertz CT molecular complexity index is 1260. The monoisotopic (exact) mass is 458 g/mol. The third-order valence-corrected chi connectivity index (χ3v) is 7.47. The molecule has 11 heteroatoms. The summed E-state index contributed by atoms with van der Waals surface area (Å²) in [5, 5.41) is 11.6. The van der Waals surface area contributed by atoms with Crippen LogP contribution in [-0.2, 0) is 21.4 Å². The number of non-ortho nitro benzene ring substituents is 1. The number of nitrogens with zero attached hydrogens (tertiary/aromatic N) is 4. The van der Waals surface area contributed by atoms with Gasteiger partial charge in [0.2, 0.25) is 15.9 Å². The van der Waals surface area contributed by atoms with Crippen molar-refractivity contribution in [3.05, 3.63) is 64.8 Å². The van der Waals surface area contributed by atoms with Crippen molar-refractivity contribution >= 4 is 32.5 Å². The van der Waals surface area contributed by atoms with E-state index in [2.05, 4.69) is 0 Å². The first kappa shape index (κ1) is 21.8. The average molecular weight is 458 g/mol. The van der Waals surface area contributed by atoms with Crippen molar-refractivity contribution in [2.45, 2.75) is 11.4 Å². The van der Waals surface area contributed by atoms with E-state index in [0.717, 1.165) is 5.52 Å². The second-order valence-corrected chi connectivity index (χ2v) is 9.34. The van der Waals surface area contributed by atoms with E-state index in [0.29, 0.717) is 24.2 Å². The Hall–Kier alpha value is -3.44. The predicted molar refractivity (Wildman–Crippen MR) is 117 cm³/mol. The highest BCUT2D eigenvalue weighted by atomic mass is 32.2. The first-order valence-corrected chi connectivity index (χ1v) is 11.4. The minimum atomic E-state index is -3.65. The molecule has 0 atom stereocenters. The summed E-state index contributed by atoms with van der Waals surface area (Å²) < 4.78 is 33.9. The van der Waals surface area contributed by atoms with Crippen LogP contribution in [-0.4, -0.2) is 66.3 Å². The van der Waals surface area contributed by atoms with E-state index in [-0.39, 0.29) is 36.1 Å². The number of nitro benzene ring substituents is 1. The van der Waals surface area contributed by atoms with Gasteiger partial charge in [-0.2, -0.15) is 4.31 Å². The summed E-state index contributed by atoms with van der Waals surface area (Å²) in [4.78, 5) is 25.1. The summed E-state index contributed by atoms with van der Waals surface area (Å²) in [5.74, 6) is 0.439. The maximum Gasteiger partial charge on any atom is 0.270 e. The third kappa shape index (κ3) is 4.16. The topological polar surface area (TPSA) is 115 Å². The molecule has 1 amide bonds. The van der Waals surface area contributed by atoms with Crippen LogP contribution in [0.5, 0.6) is 5.75 Å². The number of ether oxygens (including phenoxy) is 1. The van der Waals surface area contributed by atoms with Gasteiger partial charge >= 0.3 is 0 Å². The van der Waals surface area contributed by atoms with Crippen molar-refractivity contribution in [1.29, 1.82) is 0 Å². The number of amides is 1. The fourth-order valence-electron chi connectivity index (χ4n) is 3.76. The van der Waals surface area contributed by atoms with Gasteiger partial charge in [0.05, 0.1) is 16.9 Å². The summed E-state index contributed by atoms with van der Waals surface area (Å²) in [6.07, 6.45) is 1.72. The minimum absolute atomic E-state index is 0.00392. The number of aromatic nitrogens is 1. The Kier molecular flexibility index (Phi) is 5.85. The standard InChI is InChI=1S/C21H22N4O6S/c1-31-18-3-5-19(6-4-18)32(29,30)24-12-10-22(11-13-24)21(26)15-23-9-8-16-14-17(25(27)28)2-7-20(16)23/h2-9,14H,10-13,15H2,1H3. The molecular formula is C21H22N4O6S. The summed E-state index contributed by atoms with van der Waals surface area (Å²) >= 11 is 0. The molecule has 1 aliphatic heterocycles. The molecule has 1 aromatic heterocycles. The number of piperazine rings is 1. The number of fused-ring (bicyclic) bond motifs is 1. The van der Waals surface area contributed by atoms with Gasteiger partial charge < -0.3 is 14.2 Å². The summed E-state index contributed by atoms with van der Waals surface area (Å²) in [6, 6.07) is 12.5. The number of hydrogen-bond donors (Lipinski definition) is 0. The average Bonchev–Trinajstić information content (AvgIpc) is 3.21. The lowest BCUT2D eigenvalue weighted by Gasteiger charge is -2.34. The Labute approximate surface area is 184 Å². The lowest BCUT2D eigenvalue weighted by Crippen LogP contribution is -2.51. The Morgan fingerprint density at radius 3 is 2.38 bits per heavy atom. The molecule has 2 aromatic carbocycles. The van der Waals surface area contributed by atoms with Crippen molar-refractivity contribution in [3.8, 4) is 5.75 Å². The number of carbonyl (C=O) groups is 1. The molecule has 0 radical (unpaired) electrons. The number of hydrogen-bond acceptors (Lipinski definition) is 6. The Morgan fingerprint density at radius 1 is 1.06 bits per heavy atom. The fourth-order valence-corrected chi connectivity index (χ4v) is 5.18. The third-order valence-electron chi connectivity index (χ3n) is 5.56. The molecule has 0 unspecified atom stereocenters. The molecule has 1 fully saturated rings. The Morgan fingerprint density at radius 2 is 1.75 bits per heavy atom. The van der Waals surface area contributed by atoms with Crippen LogP contribution < -0.4 is 4.74 Å². The van der Waals surface area contributed by atoms with Crippen LogP contribution in [0.3, 0.4) is 0 Å². The zero-order chi connectivity index (χ0) is 22.9. The number of nitro groups is 1. The predicted octanol–water partition coefficient (Wildman–Crippen LogP) is 2.09. The van der Waals surface area contributed by atoms with Crippen molar-refractivity contribution in [3.63, 3.8) is 0 Å². The summed E-state index contributed by atoms with van der Waals surface area (Å²) in [7, 11) is -2.13. The molecule has 3 aromatic rings. The van der Waals surface area contributed by atoms with E-state index >= 15 is 0 Å². The summed E-state index contributed by atoms with van der Waals surface area (Å²) in [6.45, 7) is 1.07. The zero-order valence-electron chi connectivity index (χ0n) is 17.4. The zero-order valence-corrected chi connectivity index (χ0v) is 18.2. The number of benzene rings is 2. The van der Waals surface area contributed by atoms with Gasteiger partial charge in [0.1, 0.15) is 12.3 Å². The van der Waals surface area contributed by atoms with Crippen molar-refractivity contribution < 1.29 is 22.9 Å².